The van der Waals surface area contributed by atoms with Gasteiger partial charge in [0.1, 0.15) is 5.75 Å². The van der Waals surface area contributed by atoms with Crippen molar-refractivity contribution in [3.8, 4) is 16.9 Å². The van der Waals surface area contributed by atoms with Crippen LogP contribution in [0.25, 0.3) is 11.1 Å². The Balaban J connectivity index is 1.74. The zero-order valence-electron chi connectivity index (χ0n) is 14.4. The second kappa shape index (κ2) is 7.19. The number of carbonyl (C=O) groups excluding carboxylic acids is 1. The molecule has 5 nitrogen and oxygen atoms in total. The average molecular weight is 347 g/mol. The Morgan fingerprint density at radius 2 is 1.46 bits per heavy atom. The summed E-state index contributed by atoms with van der Waals surface area (Å²) in [6.45, 7) is 3.62. The lowest BCUT2D eigenvalue weighted by atomic mass is 10.0. The molecule has 0 saturated carbocycles. The molecule has 0 spiro atoms. The van der Waals surface area contributed by atoms with Crippen molar-refractivity contribution in [2.24, 2.45) is 0 Å². The lowest BCUT2D eigenvalue weighted by Crippen LogP contribution is -2.09. The molecular weight excluding hydrogens is 330 g/mol. The Kier molecular flexibility index (Phi) is 4.80. The highest BCUT2D eigenvalue weighted by molar-refractivity contribution is 5.91. The van der Waals surface area contributed by atoms with Gasteiger partial charge in [-0.1, -0.05) is 42.0 Å². The smallest absolute Gasteiger partial charge is 0.343 e. The molecule has 0 saturated heterocycles. The molecule has 5 heteroatoms. The summed E-state index contributed by atoms with van der Waals surface area (Å²) in [7, 11) is 0. The van der Waals surface area contributed by atoms with Crippen LogP contribution in [0.2, 0.25) is 0 Å². The van der Waals surface area contributed by atoms with Gasteiger partial charge in [0.25, 0.3) is 5.69 Å². The van der Waals surface area contributed by atoms with Gasteiger partial charge in [-0.2, -0.15) is 0 Å². The molecule has 3 rings (SSSR count). The average Bonchev–Trinajstić information content (AvgIpc) is 2.62. The second-order valence-corrected chi connectivity index (χ2v) is 6.04. The number of esters is 1. The van der Waals surface area contributed by atoms with Crippen LogP contribution in [0.1, 0.15) is 21.5 Å². The van der Waals surface area contributed by atoms with E-state index in [0.717, 1.165) is 11.1 Å². The van der Waals surface area contributed by atoms with Crippen LogP contribution in [0.3, 0.4) is 0 Å². The third-order valence-corrected chi connectivity index (χ3v) is 4.08. The van der Waals surface area contributed by atoms with Crippen molar-refractivity contribution in [2.45, 2.75) is 13.8 Å². The molecule has 0 bridgehead atoms. The van der Waals surface area contributed by atoms with Gasteiger partial charge in [0.05, 0.1) is 10.5 Å². The fourth-order valence-electron chi connectivity index (χ4n) is 2.61. The maximum absolute atomic E-state index is 12.2. The molecule has 0 aliphatic rings. The number of nitro groups is 1. The van der Waals surface area contributed by atoms with Crippen LogP contribution in [-0.2, 0) is 0 Å². The summed E-state index contributed by atoms with van der Waals surface area (Å²) in [4.78, 5) is 22.6. The fourth-order valence-corrected chi connectivity index (χ4v) is 2.61. The molecule has 0 fully saturated rings. The molecule has 0 aliphatic heterocycles. The van der Waals surface area contributed by atoms with Crippen LogP contribution >= 0.6 is 0 Å². The Morgan fingerprint density at radius 1 is 0.885 bits per heavy atom. The van der Waals surface area contributed by atoms with E-state index < -0.39 is 10.9 Å². The number of nitrogens with zero attached hydrogens (tertiary/aromatic N) is 1. The van der Waals surface area contributed by atoms with E-state index in [4.69, 9.17) is 4.74 Å². The summed E-state index contributed by atoms with van der Waals surface area (Å²) in [5.74, 6) is -0.132. The standard InChI is InChI=1S/C21H17NO4/c1-14-3-5-16(6-4-14)17-7-10-19(11-8-17)26-21(23)18-9-12-20(22(24)25)15(2)13-18/h3-13H,1-2H3. The van der Waals surface area contributed by atoms with Crippen LogP contribution in [0.15, 0.2) is 66.7 Å². The number of carbonyl (C=O) groups is 1. The van der Waals surface area contributed by atoms with E-state index in [9.17, 15) is 14.9 Å². The molecule has 0 N–H and O–H groups in total. The van der Waals surface area contributed by atoms with Gasteiger partial charge in [-0.25, -0.2) is 4.79 Å². The minimum Gasteiger partial charge on any atom is -0.423 e. The van der Waals surface area contributed by atoms with Crippen molar-refractivity contribution >= 4 is 11.7 Å². The number of benzene rings is 3. The van der Waals surface area contributed by atoms with Crippen LogP contribution in [0, 0.1) is 24.0 Å². The molecule has 130 valence electrons. The molecular formula is C21H17NO4. The van der Waals surface area contributed by atoms with Gasteiger partial charge >= 0.3 is 5.97 Å². The lowest BCUT2D eigenvalue weighted by molar-refractivity contribution is -0.385. The molecule has 3 aromatic carbocycles. The van der Waals surface area contributed by atoms with Crippen LogP contribution in [-0.4, -0.2) is 10.9 Å². The predicted octanol–water partition coefficient (Wildman–Crippen LogP) is 5.10. The number of ether oxygens (including phenoxy) is 1. The summed E-state index contributed by atoms with van der Waals surface area (Å²) in [6, 6.07) is 19.5. The number of nitro benzene ring substituents is 1. The van der Waals surface area contributed by atoms with Gasteiger partial charge in [-0.15, -0.1) is 0 Å². The first-order chi connectivity index (χ1) is 12.4. The number of aryl methyl sites for hydroxylation is 2. The van der Waals surface area contributed by atoms with E-state index >= 15 is 0 Å². The zero-order valence-corrected chi connectivity index (χ0v) is 14.4. The molecule has 0 heterocycles. The summed E-state index contributed by atoms with van der Waals surface area (Å²) in [6.07, 6.45) is 0. The minimum atomic E-state index is -0.550. The van der Waals surface area contributed by atoms with Crippen molar-refractivity contribution in [2.75, 3.05) is 0 Å². The second-order valence-electron chi connectivity index (χ2n) is 6.04. The predicted molar refractivity (Wildman–Crippen MR) is 99.4 cm³/mol. The van der Waals surface area contributed by atoms with Crippen LogP contribution in [0.5, 0.6) is 5.75 Å². The highest BCUT2D eigenvalue weighted by Crippen LogP contribution is 2.24. The van der Waals surface area contributed by atoms with E-state index in [-0.39, 0.29) is 11.3 Å². The highest BCUT2D eigenvalue weighted by atomic mass is 16.6. The van der Waals surface area contributed by atoms with E-state index in [0.29, 0.717) is 11.3 Å². The topological polar surface area (TPSA) is 69.4 Å². The first kappa shape index (κ1) is 17.4. The molecule has 0 radical (unpaired) electrons. The first-order valence-corrected chi connectivity index (χ1v) is 8.08. The third-order valence-electron chi connectivity index (χ3n) is 4.08. The summed E-state index contributed by atoms with van der Waals surface area (Å²) >= 11 is 0. The molecule has 0 unspecified atom stereocenters. The van der Waals surface area contributed by atoms with E-state index in [2.05, 4.69) is 0 Å². The van der Waals surface area contributed by atoms with Gasteiger partial charge in [0, 0.05) is 11.6 Å². The van der Waals surface area contributed by atoms with E-state index in [1.165, 1.54) is 23.8 Å². The first-order valence-electron chi connectivity index (χ1n) is 8.08. The maximum Gasteiger partial charge on any atom is 0.343 e. The SMILES string of the molecule is Cc1ccc(-c2ccc(OC(=O)c3ccc([N+](=O)[O-])c(C)c3)cc2)cc1. The Labute approximate surface area is 151 Å². The van der Waals surface area contributed by atoms with Gasteiger partial charge in [0.2, 0.25) is 0 Å². The van der Waals surface area contributed by atoms with Crippen LogP contribution < -0.4 is 4.74 Å². The van der Waals surface area contributed by atoms with Gasteiger partial charge in [0.15, 0.2) is 0 Å². The number of hydrogen-bond acceptors (Lipinski definition) is 4. The molecule has 3 aromatic rings. The molecule has 0 aliphatic carbocycles. The van der Waals surface area contributed by atoms with Crippen molar-refractivity contribution in [1.29, 1.82) is 0 Å². The number of hydrogen-bond donors (Lipinski definition) is 0. The fraction of sp³-hybridized carbons (Fsp3) is 0.0952. The monoisotopic (exact) mass is 347 g/mol. The Morgan fingerprint density at radius 3 is 2.00 bits per heavy atom. The van der Waals surface area contributed by atoms with E-state index in [1.807, 2.05) is 43.3 Å². The lowest BCUT2D eigenvalue weighted by Gasteiger charge is -2.07. The summed E-state index contributed by atoms with van der Waals surface area (Å²) in [5.41, 5.74) is 3.96. The largest absolute Gasteiger partial charge is 0.423 e. The molecule has 0 aromatic heterocycles. The zero-order chi connectivity index (χ0) is 18.7. The molecule has 0 amide bonds. The van der Waals surface area contributed by atoms with Gasteiger partial charge < -0.3 is 4.74 Å². The number of rotatable bonds is 4. The Hall–Kier alpha value is -3.47. The molecule has 0 atom stereocenters. The van der Waals surface area contributed by atoms with Crippen molar-refractivity contribution in [3.05, 3.63) is 93.5 Å². The maximum atomic E-state index is 12.2. The van der Waals surface area contributed by atoms with Crippen molar-refractivity contribution in [1.82, 2.24) is 0 Å². The minimum absolute atomic E-state index is 0.0241. The van der Waals surface area contributed by atoms with Gasteiger partial charge in [-0.05, 0) is 49.2 Å². The normalized spacial score (nSPS) is 10.4. The summed E-state index contributed by atoms with van der Waals surface area (Å²) < 4.78 is 5.36. The molecule has 26 heavy (non-hydrogen) atoms. The Bertz CT molecular complexity index is 960. The van der Waals surface area contributed by atoms with Crippen LogP contribution in [0.4, 0.5) is 5.69 Å². The van der Waals surface area contributed by atoms with Crippen molar-refractivity contribution in [3.63, 3.8) is 0 Å². The van der Waals surface area contributed by atoms with E-state index in [1.54, 1.807) is 19.1 Å². The van der Waals surface area contributed by atoms with Crippen molar-refractivity contribution < 1.29 is 14.5 Å². The summed E-state index contributed by atoms with van der Waals surface area (Å²) in [5, 5.41) is 10.9. The van der Waals surface area contributed by atoms with Gasteiger partial charge in [-0.3, -0.25) is 10.1 Å². The quantitative estimate of drug-likeness (QED) is 0.285. The highest BCUT2D eigenvalue weighted by Gasteiger charge is 2.15. The third kappa shape index (κ3) is 3.78.